The number of amides is 1. The van der Waals surface area contributed by atoms with Gasteiger partial charge in [0.25, 0.3) is 5.69 Å². The number of nitro benzene ring substituents is 1. The molecular weight excluding hydrogens is 280 g/mol. The fourth-order valence-electron chi connectivity index (χ4n) is 2.12. The highest BCUT2D eigenvalue weighted by Crippen LogP contribution is 2.26. The van der Waals surface area contributed by atoms with Gasteiger partial charge in [-0.15, -0.1) is 0 Å². The molecule has 8 nitrogen and oxygen atoms in total. The van der Waals surface area contributed by atoms with Gasteiger partial charge in [0.1, 0.15) is 11.9 Å². The Kier molecular flexibility index (Phi) is 4.94. The maximum Gasteiger partial charge on any atom is 0.404 e. The van der Waals surface area contributed by atoms with Crippen molar-refractivity contribution >= 4 is 11.8 Å². The summed E-state index contributed by atoms with van der Waals surface area (Å²) in [5.74, 6) is 0.471. The first-order valence-electron chi connectivity index (χ1n) is 6.55. The van der Waals surface area contributed by atoms with E-state index in [0.717, 1.165) is 12.8 Å². The highest BCUT2D eigenvalue weighted by molar-refractivity contribution is 5.64. The summed E-state index contributed by atoms with van der Waals surface area (Å²) in [7, 11) is 0. The van der Waals surface area contributed by atoms with Crippen LogP contribution in [0.4, 0.5) is 10.5 Å². The van der Waals surface area contributed by atoms with Crippen LogP contribution in [0.5, 0.6) is 5.75 Å². The van der Waals surface area contributed by atoms with Crippen LogP contribution in [0.25, 0.3) is 0 Å². The summed E-state index contributed by atoms with van der Waals surface area (Å²) in [5, 5.41) is 21.7. The lowest BCUT2D eigenvalue weighted by molar-refractivity contribution is -0.385. The largest absolute Gasteiger partial charge is 0.488 e. The molecule has 0 aromatic heterocycles. The zero-order chi connectivity index (χ0) is 15.2. The van der Waals surface area contributed by atoms with Crippen LogP contribution in [0.3, 0.4) is 0 Å². The highest BCUT2D eigenvalue weighted by Gasteiger charge is 2.19. The second kappa shape index (κ2) is 6.89. The summed E-state index contributed by atoms with van der Waals surface area (Å²) in [6.07, 6.45) is 0.446. The lowest BCUT2D eigenvalue weighted by Crippen LogP contribution is -2.28. The molecule has 0 aliphatic carbocycles. The maximum atomic E-state index is 10.9. The molecule has 0 bridgehead atoms. The standard InChI is InChI=1S/C13H16N2O6/c16-13(17)14-7-9-6-10(3-4-12(9)15(18)19)21-11-2-1-5-20-8-11/h3-4,6,11,14H,1-2,5,7-8H2,(H,16,17). The Hall–Kier alpha value is -2.35. The third-order valence-corrected chi connectivity index (χ3v) is 3.10. The van der Waals surface area contributed by atoms with Crippen LogP contribution >= 0.6 is 0 Å². The SMILES string of the molecule is O=C(O)NCc1cc(OC2CCCOC2)ccc1[N+](=O)[O-]. The minimum atomic E-state index is -1.24. The van der Waals surface area contributed by atoms with Crippen molar-refractivity contribution in [3.05, 3.63) is 33.9 Å². The summed E-state index contributed by atoms with van der Waals surface area (Å²) >= 11 is 0. The molecule has 1 saturated heterocycles. The van der Waals surface area contributed by atoms with Crippen LogP contribution < -0.4 is 10.1 Å². The van der Waals surface area contributed by atoms with Gasteiger partial charge in [-0.05, 0) is 25.0 Å². The zero-order valence-corrected chi connectivity index (χ0v) is 11.3. The van der Waals surface area contributed by atoms with Crippen molar-refractivity contribution in [2.75, 3.05) is 13.2 Å². The highest BCUT2D eigenvalue weighted by atomic mass is 16.6. The normalized spacial score (nSPS) is 18.0. The first-order valence-corrected chi connectivity index (χ1v) is 6.55. The van der Waals surface area contributed by atoms with Gasteiger partial charge in [0, 0.05) is 12.7 Å². The molecule has 0 radical (unpaired) electrons. The first kappa shape index (κ1) is 15.0. The molecular formula is C13H16N2O6. The quantitative estimate of drug-likeness (QED) is 0.634. The predicted octanol–water partition coefficient (Wildman–Crippen LogP) is 1.92. The summed E-state index contributed by atoms with van der Waals surface area (Å²) < 4.78 is 11.0. The van der Waals surface area contributed by atoms with Gasteiger partial charge in [0.05, 0.1) is 23.6 Å². The molecule has 1 fully saturated rings. The minimum Gasteiger partial charge on any atom is -0.488 e. The van der Waals surface area contributed by atoms with E-state index >= 15 is 0 Å². The van der Waals surface area contributed by atoms with E-state index in [1.165, 1.54) is 18.2 Å². The van der Waals surface area contributed by atoms with E-state index in [1.807, 2.05) is 0 Å². The predicted molar refractivity (Wildman–Crippen MR) is 72.4 cm³/mol. The molecule has 1 heterocycles. The molecule has 1 atom stereocenters. The first-order chi connectivity index (χ1) is 10.1. The fraction of sp³-hybridized carbons (Fsp3) is 0.462. The lowest BCUT2D eigenvalue weighted by atomic mass is 10.1. The van der Waals surface area contributed by atoms with E-state index in [-0.39, 0.29) is 23.9 Å². The summed E-state index contributed by atoms with van der Waals surface area (Å²) in [6.45, 7) is 1.05. The monoisotopic (exact) mass is 296 g/mol. The van der Waals surface area contributed by atoms with Crippen molar-refractivity contribution in [3.63, 3.8) is 0 Å². The molecule has 1 aromatic rings. The number of nitrogens with one attached hydrogen (secondary N) is 1. The van der Waals surface area contributed by atoms with Gasteiger partial charge in [-0.3, -0.25) is 10.1 Å². The zero-order valence-electron chi connectivity index (χ0n) is 11.3. The van der Waals surface area contributed by atoms with Gasteiger partial charge in [-0.25, -0.2) is 4.79 Å². The van der Waals surface area contributed by atoms with E-state index in [1.54, 1.807) is 0 Å². The number of hydrogen-bond donors (Lipinski definition) is 2. The van der Waals surface area contributed by atoms with Gasteiger partial charge in [-0.1, -0.05) is 0 Å². The molecule has 1 aromatic carbocycles. The van der Waals surface area contributed by atoms with E-state index in [4.69, 9.17) is 14.6 Å². The molecule has 114 valence electrons. The Morgan fingerprint density at radius 3 is 3.00 bits per heavy atom. The summed E-state index contributed by atoms with van der Waals surface area (Å²) in [6, 6.07) is 4.32. The van der Waals surface area contributed by atoms with Gasteiger partial charge in [0.15, 0.2) is 0 Å². The van der Waals surface area contributed by atoms with E-state index in [9.17, 15) is 14.9 Å². The van der Waals surface area contributed by atoms with Gasteiger partial charge in [-0.2, -0.15) is 0 Å². The van der Waals surface area contributed by atoms with Gasteiger partial charge < -0.3 is 19.9 Å². The molecule has 0 saturated carbocycles. The van der Waals surface area contributed by atoms with E-state index in [0.29, 0.717) is 19.0 Å². The van der Waals surface area contributed by atoms with E-state index < -0.39 is 11.0 Å². The van der Waals surface area contributed by atoms with Crippen LogP contribution in [0.2, 0.25) is 0 Å². The minimum absolute atomic E-state index is 0.0829. The molecule has 0 spiro atoms. The van der Waals surface area contributed by atoms with Crippen molar-refractivity contribution in [2.24, 2.45) is 0 Å². The molecule has 1 aliphatic heterocycles. The van der Waals surface area contributed by atoms with Crippen LogP contribution in [0.15, 0.2) is 18.2 Å². The number of rotatable bonds is 5. The molecule has 1 unspecified atom stereocenters. The smallest absolute Gasteiger partial charge is 0.404 e. The number of benzene rings is 1. The Labute approximate surface area is 120 Å². The lowest BCUT2D eigenvalue weighted by Gasteiger charge is -2.23. The topological polar surface area (TPSA) is 111 Å². The third-order valence-electron chi connectivity index (χ3n) is 3.10. The number of nitro groups is 1. The summed E-state index contributed by atoms with van der Waals surface area (Å²) in [4.78, 5) is 20.9. The summed E-state index contributed by atoms with van der Waals surface area (Å²) in [5.41, 5.74) is 0.118. The average molecular weight is 296 g/mol. The van der Waals surface area contributed by atoms with E-state index in [2.05, 4.69) is 5.32 Å². The average Bonchev–Trinajstić information content (AvgIpc) is 2.46. The number of nitrogens with zero attached hydrogens (tertiary/aromatic N) is 1. The molecule has 1 aliphatic rings. The second-order valence-corrected chi connectivity index (χ2v) is 4.66. The Morgan fingerprint density at radius 2 is 2.38 bits per heavy atom. The van der Waals surface area contributed by atoms with Crippen molar-refractivity contribution in [1.82, 2.24) is 5.32 Å². The third kappa shape index (κ3) is 4.32. The molecule has 2 rings (SSSR count). The van der Waals surface area contributed by atoms with Crippen molar-refractivity contribution < 1.29 is 24.3 Å². The van der Waals surface area contributed by atoms with Gasteiger partial charge >= 0.3 is 6.09 Å². The molecule has 8 heteroatoms. The molecule has 1 amide bonds. The molecule has 2 N–H and O–H groups in total. The van der Waals surface area contributed by atoms with Crippen LogP contribution in [0, 0.1) is 10.1 Å². The number of carboxylic acid groups (broad SMARTS) is 1. The van der Waals surface area contributed by atoms with Crippen molar-refractivity contribution in [1.29, 1.82) is 0 Å². The fourth-order valence-corrected chi connectivity index (χ4v) is 2.12. The van der Waals surface area contributed by atoms with Crippen molar-refractivity contribution in [3.8, 4) is 5.75 Å². The van der Waals surface area contributed by atoms with Crippen LogP contribution in [-0.2, 0) is 11.3 Å². The molecule has 21 heavy (non-hydrogen) atoms. The van der Waals surface area contributed by atoms with Crippen molar-refractivity contribution in [2.45, 2.75) is 25.5 Å². The number of carbonyl (C=O) groups is 1. The maximum absolute atomic E-state index is 10.9. The second-order valence-electron chi connectivity index (χ2n) is 4.66. The number of hydrogen-bond acceptors (Lipinski definition) is 5. The van der Waals surface area contributed by atoms with Gasteiger partial charge in [0.2, 0.25) is 0 Å². The van der Waals surface area contributed by atoms with Crippen LogP contribution in [0.1, 0.15) is 18.4 Å². The Bertz CT molecular complexity index is 527. The van der Waals surface area contributed by atoms with Crippen LogP contribution in [-0.4, -0.2) is 35.4 Å². The Morgan fingerprint density at radius 1 is 1.57 bits per heavy atom. The number of ether oxygens (including phenoxy) is 2. The Balaban J connectivity index is 2.12.